The van der Waals surface area contributed by atoms with Crippen LogP contribution in [0.4, 0.5) is 0 Å². The molecular weight excluding hydrogens is 603 g/mol. The number of ether oxygens (including phenoxy) is 1. The van der Waals surface area contributed by atoms with E-state index >= 15 is 0 Å². The third-order valence-corrected chi connectivity index (χ3v) is 10.6. The fraction of sp³-hybridized carbons (Fsp3) is 0.0556. The molecule has 44 heavy (non-hydrogen) atoms. The van der Waals surface area contributed by atoms with Crippen LogP contribution in [-0.2, 0) is 11.3 Å². The Balaban J connectivity index is 1.19. The van der Waals surface area contributed by atoms with Gasteiger partial charge in [-0.15, -0.1) is 34.0 Å². The Morgan fingerprint density at radius 2 is 1.14 bits per heavy atom. The van der Waals surface area contributed by atoms with Gasteiger partial charge < -0.3 is 4.74 Å². The number of thiazole rings is 3. The molecule has 0 aliphatic rings. The van der Waals surface area contributed by atoms with E-state index in [9.17, 15) is 4.79 Å². The number of nitrogens with zero attached hydrogens (tertiary/aromatic N) is 3. The number of hydrogen-bond donors (Lipinski definition) is 0. The summed E-state index contributed by atoms with van der Waals surface area (Å²) in [5.41, 5.74) is 8.55. The van der Waals surface area contributed by atoms with Gasteiger partial charge in [-0.1, -0.05) is 48.5 Å². The van der Waals surface area contributed by atoms with Crippen molar-refractivity contribution in [3.8, 4) is 31.7 Å². The monoisotopic (exact) mass is 625 g/mol. The van der Waals surface area contributed by atoms with Gasteiger partial charge in [0.25, 0.3) is 0 Å². The first-order chi connectivity index (χ1) is 21.6. The number of aromatic nitrogens is 3. The number of fused-ring (bicyclic) bond motifs is 3. The summed E-state index contributed by atoms with van der Waals surface area (Å²) in [7, 11) is 0. The lowest BCUT2D eigenvalue weighted by molar-refractivity contribution is 0.0473. The Kier molecular flexibility index (Phi) is 6.75. The van der Waals surface area contributed by atoms with Crippen LogP contribution in [0.3, 0.4) is 0 Å². The van der Waals surface area contributed by atoms with Crippen LogP contribution in [0.5, 0.6) is 0 Å². The zero-order valence-electron chi connectivity index (χ0n) is 23.5. The van der Waals surface area contributed by atoms with Crippen molar-refractivity contribution in [1.82, 2.24) is 15.0 Å². The summed E-state index contributed by atoms with van der Waals surface area (Å²) in [5, 5.41) is 2.78. The molecule has 0 N–H and O–H groups in total. The fourth-order valence-electron chi connectivity index (χ4n) is 5.13. The number of esters is 1. The predicted octanol–water partition coefficient (Wildman–Crippen LogP) is 10.2. The molecule has 3 heterocycles. The van der Waals surface area contributed by atoms with Crippen LogP contribution in [0.25, 0.3) is 62.4 Å². The van der Waals surface area contributed by atoms with E-state index < -0.39 is 0 Å². The van der Waals surface area contributed by atoms with Gasteiger partial charge in [0.05, 0.1) is 36.2 Å². The first-order valence-corrected chi connectivity index (χ1v) is 16.5. The molecule has 0 unspecified atom stereocenters. The number of hydrogen-bond acceptors (Lipinski definition) is 8. The molecule has 8 rings (SSSR count). The molecule has 3 aromatic heterocycles. The summed E-state index contributed by atoms with van der Waals surface area (Å²) in [4.78, 5) is 27.8. The first kappa shape index (κ1) is 26.8. The van der Waals surface area contributed by atoms with Crippen LogP contribution in [0.2, 0.25) is 0 Å². The second-order valence-electron chi connectivity index (χ2n) is 10.5. The van der Waals surface area contributed by atoms with E-state index in [0.717, 1.165) is 63.2 Å². The molecular formula is C36H23N3O2S3. The largest absolute Gasteiger partial charge is 0.457 e. The maximum atomic E-state index is 12.9. The van der Waals surface area contributed by atoms with Gasteiger partial charge in [-0.05, 0) is 78.7 Å². The number of para-hydroxylation sites is 1. The van der Waals surface area contributed by atoms with Crippen LogP contribution in [0.1, 0.15) is 21.5 Å². The minimum Gasteiger partial charge on any atom is -0.457 e. The lowest BCUT2D eigenvalue weighted by atomic mass is 10.1. The van der Waals surface area contributed by atoms with Gasteiger partial charge in [0.1, 0.15) is 21.6 Å². The van der Waals surface area contributed by atoms with Crippen molar-refractivity contribution < 1.29 is 9.53 Å². The molecule has 0 bridgehead atoms. The fourth-order valence-corrected chi connectivity index (χ4v) is 8.13. The van der Waals surface area contributed by atoms with E-state index in [1.807, 2.05) is 60.7 Å². The molecule has 0 radical (unpaired) electrons. The van der Waals surface area contributed by atoms with Crippen LogP contribution in [-0.4, -0.2) is 20.9 Å². The number of rotatable bonds is 6. The minimum absolute atomic E-state index is 0.234. The summed E-state index contributed by atoms with van der Waals surface area (Å²) in [6.45, 7) is 2.34. The average molecular weight is 626 g/mol. The second-order valence-corrected chi connectivity index (χ2v) is 13.6. The molecule has 0 saturated carbocycles. The van der Waals surface area contributed by atoms with Crippen molar-refractivity contribution in [2.75, 3.05) is 0 Å². The van der Waals surface area contributed by atoms with E-state index in [0.29, 0.717) is 5.56 Å². The van der Waals surface area contributed by atoms with Crippen LogP contribution >= 0.6 is 34.0 Å². The summed E-state index contributed by atoms with van der Waals surface area (Å²) >= 11 is 4.94. The molecule has 0 spiro atoms. The maximum Gasteiger partial charge on any atom is 0.338 e. The van der Waals surface area contributed by atoms with Crippen molar-refractivity contribution in [2.45, 2.75) is 13.5 Å². The molecule has 0 aliphatic heterocycles. The van der Waals surface area contributed by atoms with Gasteiger partial charge >= 0.3 is 5.97 Å². The maximum absolute atomic E-state index is 12.9. The molecule has 0 amide bonds. The number of benzene rings is 5. The van der Waals surface area contributed by atoms with Crippen molar-refractivity contribution in [3.63, 3.8) is 0 Å². The van der Waals surface area contributed by atoms with Crippen molar-refractivity contribution >= 4 is 70.6 Å². The molecule has 0 saturated heterocycles. The van der Waals surface area contributed by atoms with Crippen LogP contribution in [0, 0.1) is 6.92 Å². The van der Waals surface area contributed by atoms with E-state index in [1.165, 1.54) is 10.3 Å². The van der Waals surface area contributed by atoms with E-state index in [-0.39, 0.29) is 12.6 Å². The quantitative estimate of drug-likeness (QED) is 0.172. The van der Waals surface area contributed by atoms with Crippen molar-refractivity contribution in [1.29, 1.82) is 0 Å². The molecule has 8 aromatic rings. The van der Waals surface area contributed by atoms with E-state index in [4.69, 9.17) is 19.7 Å². The van der Waals surface area contributed by atoms with Gasteiger partial charge in [-0.3, -0.25) is 0 Å². The van der Waals surface area contributed by atoms with Crippen molar-refractivity contribution in [2.24, 2.45) is 0 Å². The first-order valence-electron chi connectivity index (χ1n) is 14.1. The van der Waals surface area contributed by atoms with Gasteiger partial charge in [0.15, 0.2) is 0 Å². The van der Waals surface area contributed by atoms with Crippen molar-refractivity contribution in [3.05, 3.63) is 126 Å². The Hall–Kier alpha value is -4.76. The van der Waals surface area contributed by atoms with Crippen LogP contribution < -0.4 is 0 Å². The highest BCUT2D eigenvalue weighted by atomic mass is 32.1. The summed E-state index contributed by atoms with van der Waals surface area (Å²) in [5.74, 6) is -0.350. The molecule has 0 aliphatic carbocycles. The van der Waals surface area contributed by atoms with Crippen LogP contribution in [0.15, 0.2) is 109 Å². The summed E-state index contributed by atoms with van der Waals surface area (Å²) in [6, 6.07) is 36.3. The number of aryl methyl sites for hydroxylation is 1. The third kappa shape index (κ3) is 5.17. The number of carbonyl (C=O) groups is 1. The molecule has 5 aromatic carbocycles. The smallest absolute Gasteiger partial charge is 0.338 e. The third-order valence-electron chi connectivity index (χ3n) is 7.35. The highest BCUT2D eigenvalue weighted by Gasteiger charge is 2.17. The normalized spacial score (nSPS) is 11.5. The van der Waals surface area contributed by atoms with Gasteiger partial charge in [-0.2, -0.15) is 0 Å². The van der Waals surface area contributed by atoms with E-state index in [2.05, 4.69) is 49.4 Å². The Bertz CT molecular complexity index is 2300. The lowest BCUT2D eigenvalue weighted by Gasteiger charge is -2.05. The highest BCUT2D eigenvalue weighted by molar-refractivity contribution is 7.22. The molecule has 8 heteroatoms. The predicted molar refractivity (Wildman–Crippen MR) is 183 cm³/mol. The van der Waals surface area contributed by atoms with Gasteiger partial charge in [0, 0.05) is 16.7 Å². The number of carbonyl (C=O) groups excluding carboxylic acids is 1. The Morgan fingerprint density at radius 1 is 0.591 bits per heavy atom. The minimum atomic E-state index is -0.350. The zero-order chi connectivity index (χ0) is 29.6. The lowest BCUT2D eigenvalue weighted by Crippen LogP contribution is -2.04. The summed E-state index contributed by atoms with van der Waals surface area (Å²) in [6.07, 6.45) is 0. The molecule has 0 atom stereocenters. The highest BCUT2D eigenvalue weighted by Crippen LogP contribution is 2.40. The SMILES string of the molecule is Cc1ccc2nc(-c3cc(-c4nc5ccccc5s4)cc(-c4nc5ccc(C(=O)OCc6ccccc6)cc5s4)c3)sc2c1. The van der Waals surface area contributed by atoms with Gasteiger partial charge in [-0.25, -0.2) is 19.7 Å². The Morgan fingerprint density at radius 3 is 1.80 bits per heavy atom. The molecule has 0 fully saturated rings. The summed E-state index contributed by atoms with van der Waals surface area (Å²) < 4.78 is 8.82. The second kappa shape index (κ2) is 11.1. The topological polar surface area (TPSA) is 65.0 Å². The average Bonchev–Trinajstić information content (AvgIpc) is 3.80. The van der Waals surface area contributed by atoms with E-state index in [1.54, 1.807) is 40.1 Å². The Labute approximate surface area is 265 Å². The molecule has 5 nitrogen and oxygen atoms in total. The standard InChI is InChI=1S/C36H23N3O2S3/c1-21-11-13-28-31(15-21)43-34(38-28)25-16-24(33-37-27-9-5-6-10-30(27)42-33)17-26(18-25)35-39-29-14-12-23(19-32(29)44-35)36(40)41-20-22-7-3-2-4-8-22/h2-19H,20H2,1H3. The zero-order valence-corrected chi connectivity index (χ0v) is 25.9. The molecule has 212 valence electrons. The van der Waals surface area contributed by atoms with Gasteiger partial charge in [0.2, 0.25) is 0 Å².